The molecule has 0 atom stereocenters. The molecule has 1 N–H and O–H groups in total. The van der Waals surface area contributed by atoms with Crippen LogP contribution in [0.3, 0.4) is 0 Å². The molecule has 0 unspecified atom stereocenters. The van der Waals surface area contributed by atoms with Crippen molar-refractivity contribution in [3.05, 3.63) is 39.3 Å². The molecule has 0 aromatic carbocycles. The van der Waals surface area contributed by atoms with Gasteiger partial charge < -0.3 is 5.32 Å². The van der Waals surface area contributed by atoms with Gasteiger partial charge in [0.25, 0.3) is 0 Å². The van der Waals surface area contributed by atoms with E-state index in [0.29, 0.717) is 0 Å². The summed E-state index contributed by atoms with van der Waals surface area (Å²) in [6.07, 6.45) is 0. The Morgan fingerprint density at radius 2 is 2.05 bits per heavy atom. The zero-order valence-corrected chi connectivity index (χ0v) is 13.3. The van der Waals surface area contributed by atoms with E-state index in [-0.39, 0.29) is 5.54 Å². The Morgan fingerprint density at radius 1 is 1.32 bits per heavy atom. The van der Waals surface area contributed by atoms with Crippen molar-refractivity contribution < 1.29 is 0 Å². The van der Waals surface area contributed by atoms with Gasteiger partial charge in [0.1, 0.15) is 0 Å². The number of hydrogen-bond donors (Lipinski definition) is 1. The second-order valence-electron chi connectivity index (χ2n) is 6.04. The summed E-state index contributed by atoms with van der Waals surface area (Å²) in [6.45, 7) is 12.6. The molecular formula is C15H23N3S. The zero-order chi connectivity index (χ0) is 14.0. The minimum absolute atomic E-state index is 0.133. The zero-order valence-electron chi connectivity index (χ0n) is 12.4. The number of thiophene rings is 1. The van der Waals surface area contributed by atoms with Crippen LogP contribution in [0.5, 0.6) is 0 Å². The van der Waals surface area contributed by atoms with Crippen LogP contribution >= 0.6 is 11.3 Å². The van der Waals surface area contributed by atoms with Crippen molar-refractivity contribution in [1.82, 2.24) is 15.1 Å². The average Bonchev–Trinajstić information content (AvgIpc) is 2.87. The molecule has 0 bridgehead atoms. The van der Waals surface area contributed by atoms with Crippen molar-refractivity contribution in [2.75, 3.05) is 0 Å². The average molecular weight is 277 g/mol. The summed E-state index contributed by atoms with van der Waals surface area (Å²) in [5.41, 5.74) is 5.18. The first kappa shape index (κ1) is 14.3. The van der Waals surface area contributed by atoms with Crippen molar-refractivity contribution in [1.29, 1.82) is 0 Å². The molecule has 0 fully saturated rings. The number of rotatable bonds is 4. The molecule has 0 saturated heterocycles. The van der Waals surface area contributed by atoms with Crippen molar-refractivity contribution in [2.45, 2.75) is 53.2 Å². The Balaban J connectivity index is 2.15. The Morgan fingerprint density at radius 3 is 2.63 bits per heavy atom. The van der Waals surface area contributed by atoms with E-state index in [0.717, 1.165) is 18.8 Å². The molecule has 3 nitrogen and oxygen atoms in total. The van der Waals surface area contributed by atoms with Crippen molar-refractivity contribution in [2.24, 2.45) is 0 Å². The molecule has 2 aromatic heterocycles. The highest BCUT2D eigenvalue weighted by Crippen LogP contribution is 2.16. The fraction of sp³-hybridized carbons (Fsp3) is 0.533. The Labute approximate surface area is 119 Å². The maximum atomic E-state index is 4.67. The third kappa shape index (κ3) is 3.67. The molecule has 2 aromatic rings. The molecule has 19 heavy (non-hydrogen) atoms. The summed E-state index contributed by atoms with van der Waals surface area (Å²) in [6, 6.07) is 2.16. The number of hydrogen-bond acceptors (Lipinski definition) is 3. The van der Waals surface area contributed by atoms with Gasteiger partial charge in [-0.05, 0) is 57.0 Å². The number of nitrogens with one attached hydrogen (secondary N) is 1. The number of aryl methyl sites for hydroxylation is 1. The van der Waals surface area contributed by atoms with Gasteiger partial charge in [-0.15, -0.1) is 0 Å². The summed E-state index contributed by atoms with van der Waals surface area (Å²) >= 11 is 1.74. The Hall–Kier alpha value is -1.13. The number of aromatic nitrogens is 2. The maximum Gasteiger partial charge on any atom is 0.0670 e. The van der Waals surface area contributed by atoms with Gasteiger partial charge in [-0.25, -0.2) is 0 Å². The van der Waals surface area contributed by atoms with E-state index in [2.05, 4.69) is 66.5 Å². The van der Waals surface area contributed by atoms with E-state index in [4.69, 9.17) is 0 Å². The van der Waals surface area contributed by atoms with Gasteiger partial charge in [0.2, 0.25) is 0 Å². The standard InChI is InChI=1S/C15H23N3S/c1-11-14(8-16-15(3,4)5)12(2)18(17-11)9-13-6-7-19-10-13/h6-7,10,16H,8-9H2,1-5H3. The van der Waals surface area contributed by atoms with Crippen molar-refractivity contribution >= 4 is 11.3 Å². The highest BCUT2D eigenvalue weighted by molar-refractivity contribution is 7.07. The Kier molecular flexibility index (Phi) is 4.11. The van der Waals surface area contributed by atoms with Crippen LogP contribution in [0, 0.1) is 13.8 Å². The predicted octanol–water partition coefficient (Wildman–Crippen LogP) is 3.50. The van der Waals surface area contributed by atoms with Crippen LogP contribution in [0.15, 0.2) is 16.8 Å². The largest absolute Gasteiger partial charge is 0.308 e. The van der Waals surface area contributed by atoms with E-state index in [9.17, 15) is 0 Å². The summed E-state index contributed by atoms with van der Waals surface area (Å²) in [5.74, 6) is 0. The molecule has 4 heteroatoms. The molecule has 0 spiro atoms. The molecule has 0 aliphatic carbocycles. The monoisotopic (exact) mass is 277 g/mol. The van der Waals surface area contributed by atoms with Crippen LogP contribution in [0.25, 0.3) is 0 Å². The van der Waals surface area contributed by atoms with Gasteiger partial charge in [-0.2, -0.15) is 16.4 Å². The predicted molar refractivity (Wildman–Crippen MR) is 81.7 cm³/mol. The molecule has 2 rings (SSSR count). The van der Waals surface area contributed by atoms with Crippen molar-refractivity contribution in [3.8, 4) is 0 Å². The molecule has 0 aliphatic rings. The summed E-state index contributed by atoms with van der Waals surface area (Å²) < 4.78 is 2.11. The van der Waals surface area contributed by atoms with Gasteiger partial charge in [0.15, 0.2) is 0 Å². The maximum absolute atomic E-state index is 4.67. The minimum Gasteiger partial charge on any atom is -0.308 e. The van der Waals surface area contributed by atoms with Gasteiger partial charge in [-0.3, -0.25) is 4.68 Å². The second kappa shape index (κ2) is 5.47. The number of nitrogens with zero attached hydrogens (tertiary/aromatic N) is 2. The lowest BCUT2D eigenvalue weighted by molar-refractivity contribution is 0.423. The van der Waals surface area contributed by atoms with Gasteiger partial charge in [0, 0.05) is 23.3 Å². The molecule has 104 valence electrons. The van der Waals surface area contributed by atoms with E-state index in [1.54, 1.807) is 11.3 Å². The van der Waals surface area contributed by atoms with Crippen LogP contribution in [-0.4, -0.2) is 15.3 Å². The van der Waals surface area contributed by atoms with E-state index in [1.807, 2.05) is 0 Å². The third-order valence-corrected chi connectivity index (χ3v) is 3.97. The quantitative estimate of drug-likeness (QED) is 0.927. The Bertz CT molecular complexity index is 532. The van der Waals surface area contributed by atoms with E-state index in [1.165, 1.54) is 16.8 Å². The molecule has 0 amide bonds. The summed E-state index contributed by atoms with van der Waals surface area (Å²) in [5, 5.41) is 12.5. The fourth-order valence-electron chi connectivity index (χ4n) is 2.05. The first-order chi connectivity index (χ1) is 8.87. The summed E-state index contributed by atoms with van der Waals surface area (Å²) in [4.78, 5) is 0. The van der Waals surface area contributed by atoms with E-state index < -0.39 is 0 Å². The molecule has 2 heterocycles. The van der Waals surface area contributed by atoms with E-state index >= 15 is 0 Å². The molecular weight excluding hydrogens is 254 g/mol. The first-order valence-electron chi connectivity index (χ1n) is 6.66. The van der Waals surface area contributed by atoms with Gasteiger partial charge in [0.05, 0.1) is 12.2 Å². The van der Waals surface area contributed by atoms with Gasteiger partial charge >= 0.3 is 0 Å². The lowest BCUT2D eigenvalue weighted by Crippen LogP contribution is -2.35. The lowest BCUT2D eigenvalue weighted by Gasteiger charge is -2.20. The van der Waals surface area contributed by atoms with Crippen LogP contribution in [-0.2, 0) is 13.1 Å². The van der Waals surface area contributed by atoms with Crippen LogP contribution < -0.4 is 5.32 Å². The van der Waals surface area contributed by atoms with Crippen LogP contribution in [0.4, 0.5) is 0 Å². The van der Waals surface area contributed by atoms with Gasteiger partial charge in [-0.1, -0.05) is 0 Å². The fourth-order valence-corrected chi connectivity index (χ4v) is 2.71. The highest BCUT2D eigenvalue weighted by atomic mass is 32.1. The molecule has 0 saturated carbocycles. The SMILES string of the molecule is Cc1nn(Cc2ccsc2)c(C)c1CNC(C)(C)C. The third-order valence-electron chi connectivity index (χ3n) is 3.24. The topological polar surface area (TPSA) is 29.9 Å². The first-order valence-corrected chi connectivity index (χ1v) is 7.60. The minimum atomic E-state index is 0.133. The molecule has 0 aliphatic heterocycles. The smallest absolute Gasteiger partial charge is 0.0670 e. The second-order valence-corrected chi connectivity index (χ2v) is 6.82. The van der Waals surface area contributed by atoms with Crippen molar-refractivity contribution in [3.63, 3.8) is 0 Å². The highest BCUT2D eigenvalue weighted by Gasteiger charge is 2.15. The van der Waals surface area contributed by atoms with Crippen LogP contribution in [0.1, 0.15) is 43.3 Å². The lowest BCUT2D eigenvalue weighted by atomic mass is 10.1. The molecule has 0 radical (unpaired) electrons. The van der Waals surface area contributed by atoms with Crippen LogP contribution in [0.2, 0.25) is 0 Å². The normalized spacial score (nSPS) is 12.1. The summed E-state index contributed by atoms with van der Waals surface area (Å²) in [7, 11) is 0.